The van der Waals surface area contributed by atoms with Gasteiger partial charge < -0.3 is 10.5 Å². The molecule has 27 heavy (non-hydrogen) atoms. The number of anilines is 1. The highest BCUT2D eigenvalue weighted by atomic mass is 79.9. The van der Waals surface area contributed by atoms with E-state index in [9.17, 15) is 4.39 Å². The van der Waals surface area contributed by atoms with Crippen LogP contribution >= 0.6 is 15.9 Å². The van der Waals surface area contributed by atoms with Crippen molar-refractivity contribution in [1.82, 2.24) is 9.88 Å². The third-order valence-corrected chi connectivity index (χ3v) is 6.44. The number of nitrogens with two attached hydrogens (primary N) is 1. The molecule has 2 aliphatic rings. The highest BCUT2D eigenvalue weighted by molar-refractivity contribution is 9.10. The SMILES string of the molecule is COc1cc(Br)ncc1C1c2ccc(N)c(C)c2C[C@@H](C)N1CC1(F)CC1. The van der Waals surface area contributed by atoms with Crippen molar-refractivity contribution in [3.05, 3.63) is 51.3 Å². The molecule has 4 rings (SSSR count). The molecule has 1 saturated carbocycles. The fourth-order valence-corrected chi connectivity index (χ4v) is 4.50. The van der Waals surface area contributed by atoms with Crippen molar-refractivity contribution in [2.24, 2.45) is 0 Å². The second-order valence-electron chi connectivity index (χ2n) is 7.88. The van der Waals surface area contributed by atoms with Crippen LogP contribution in [0.15, 0.2) is 29.0 Å². The van der Waals surface area contributed by atoms with Crippen LogP contribution in [0.2, 0.25) is 0 Å². The van der Waals surface area contributed by atoms with Gasteiger partial charge in [0.15, 0.2) is 0 Å². The second kappa shape index (κ2) is 6.74. The standard InChI is InChI=1S/C21H25BrFN3O/c1-12-8-15-13(2)17(24)5-4-14(15)20(26(12)11-21(23)6-7-21)16-10-25-19(22)9-18(16)27-3/h4-5,9-10,12,20H,6-8,11,24H2,1-3H3/t12-,20?/m1/s1. The number of halogens is 2. The van der Waals surface area contributed by atoms with Gasteiger partial charge in [0.05, 0.1) is 13.2 Å². The molecular formula is C21H25BrFN3O. The number of ether oxygens (including phenoxy) is 1. The molecule has 2 N–H and O–H groups in total. The van der Waals surface area contributed by atoms with Crippen LogP contribution in [-0.4, -0.2) is 35.2 Å². The zero-order chi connectivity index (χ0) is 19.3. The number of alkyl halides is 1. The number of rotatable bonds is 4. The molecule has 6 heteroatoms. The van der Waals surface area contributed by atoms with E-state index < -0.39 is 5.67 Å². The number of benzene rings is 1. The smallest absolute Gasteiger partial charge is 0.128 e. The van der Waals surface area contributed by atoms with E-state index in [0.29, 0.717) is 19.4 Å². The van der Waals surface area contributed by atoms with Crippen molar-refractivity contribution in [1.29, 1.82) is 0 Å². The normalized spacial score (nSPS) is 23.7. The molecule has 1 aromatic heterocycles. The van der Waals surface area contributed by atoms with Gasteiger partial charge in [0.2, 0.25) is 0 Å². The molecule has 0 bridgehead atoms. The maximum absolute atomic E-state index is 14.8. The minimum atomic E-state index is -1.07. The maximum atomic E-state index is 14.8. The fraction of sp³-hybridized carbons (Fsp3) is 0.476. The average molecular weight is 434 g/mol. The minimum Gasteiger partial charge on any atom is -0.496 e. The van der Waals surface area contributed by atoms with Gasteiger partial charge in [0, 0.05) is 36.1 Å². The van der Waals surface area contributed by atoms with Gasteiger partial charge in [0.25, 0.3) is 0 Å². The first-order valence-electron chi connectivity index (χ1n) is 9.35. The number of hydrogen-bond acceptors (Lipinski definition) is 4. The van der Waals surface area contributed by atoms with Gasteiger partial charge in [-0.3, -0.25) is 4.90 Å². The minimum absolute atomic E-state index is 0.105. The predicted octanol–water partition coefficient (Wildman–Crippen LogP) is 4.58. The molecule has 1 unspecified atom stereocenters. The predicted molar refractivity (Wildman–Crippen MR) is 109 cm³/mol. The lowest BCUT2D eigenvalue weighted by Gasteiger charge is -2.43. The van der Waals surface area contributed by atoms with Gasteiger partial charge in [-0.2, -0.15) is 0 Å². The van der Waals surface area contributed by atoms with E-state index in [1.54, 1.807) is 7.11 Å². The topological polar surface area (TPSA) is 51.4 Å². The van der Waals surface area contributed by atoms with Crippen molar-refractivity contribution in [2.75, 3.05) is 19.4 Å². The van der Waals surface area contributed by atoms with Gasteiger partial charge in [-0.25, -0.2) is 9.37 Å². The molecule has 1 aliphatic carbocycles. The summed E-state index contributed by atoms with van der Waals surface area (Å²) in [5.74, 6) is 0.755. The Kier molecular flexibility index (Phi) is 4.67. The zero-order valence-electron chi connectivity index (χ0n) is 15.9. The van der Waals surface area contributed by atoms with Crippen LogP contribution in [0.1, 0.15) is 48.1 Å². The molecule has 2 atom stereocenters. The van der Waals surface area contributed by atoms with Crippen LogP contribution in [0, 0.1) is 6.92 Å². The van der Waals surface area contributed by atoms with E-state index in [2.05, 4.69) is 45.7 Å². The van der Waals surface area contributed by atoms with Gasteiger partial charge in [0.1, 0.15) is 16.0 Å². The molecule has 0 saturated heterocycles. The Bertz CT molecular complexity index is 884. The number of fused-ring (bicyclic) bond motifs is 1. The molecule has 1 aromatic carbocycles. The Morgan fingerprint density at radius 1 is 1.37 bits per heavy atom. The molecule has 2 aromatic rings. The number of aromatic nitrogens is 1. The van der Waals surface area contributed by atoms with Crippen molar-refractivity contribution < 1.29 is 9.13 Å². The largest absolute Gasteiger partial charge is 0.496 e. The fourth-order valence-electron chi connectivity index (χ4n) is 4.19. The summed E-state index contributed by atoms with van der Waals surface area (Å²) in [7, 11) is 1.66. The molecule has 0 amide bonds. The van der Waals surface area contributed by atoms with Crippen molar-refractivity contribution in [2.45, 2.75) is 50.9 Å². The van der Waals surface area contributed by atoms with E-state index in [4.69, 9.17) is 10.5 Å². The van der Waals surface area contributed by atoms with E-state index in [1.165, 1.54) is 11.1 Å². The van der Waals surface area contributed by atoms with E-state index >= 15 is 0 Å². The molecule has 2 heterocycles. The first kappa shape index (κ1) is 18.7. The molecule has 1 fully saturated rings. The summed E-state index contributed by atoms with van der Waals surface area (Å²) in [5, 5.41) is 0. The van der Waals surface area contributed by atoms with Crippen LogP contribution in [0.25, 0.3) is 0 Å². The summed E-state index contributed by atoms with van der Waals surface area (Å²) in [4.78, 5) is 6.72. The summed E-state index contributed by atoms with van der Waals surface area (Å²) in [6.45, 7) is 4.67. The Morgan fingerprint density at radius 3 is 2.78 bits per heavy atom. The van der Waals surface area contributed by atoms with E-state index in [1.807, 2.05) is 18.3 Å². The van der Waals surface area contributed by atoms with Crippen LogP contribution in [-0.2, 0) is 6.42 Å². The third-order valence-electron chi connectivity index (χ3n) is 6.00. The molecule has 0 spiro atoms. The highest BCUT2D eigenvalue weighted by Crippen LogP contribution is 2.48. The lowest BCUT2D eigenvalue weighted by Crippen LogP contribution is -2.46. The van der Waals surface area contributed by atoms with Crippen LogP contribution in [0.3, 0.4) is 0 Å². The number of nitrogens with zero attached hydrogens (tertiary/aromatic N) is 2. The number of nitrogen functional groups attached to an aromatic ring is 1. The van der Waals surface area contributed by atoms with Crippen molar-refractivity contribution in [3.8, 4) is 5.75 Å². The van der Waals surface area contributed by atoms with Gasteiger partial charge in [-0.1, -0.05) is 6.07 Å². The van der Waals surface area contributed by atoms with Gasteiger partial charge in [-0.15, -0.1) is 0 Å². The monoisotopic (exact) mass is 433 g/mol. The molecule has 0 radical (unpaired) electrons. The Balaban J connectivity index is 1.89. The molecular weight excluding hydrogens is 409 g/mol. The summed E-state index contributed by atoms with van der Waals surface area (Å²) in [6.07, 6.45) is 4.00. The maximum Gasteiger partial charge on any atom is 0.128 e. The van der Waals surface area contributed by atoms with Crippen molar-refractivity contribution >= 4 is 21.6 Å². The highest BCUT2D eigenvalue weighted by Gasteiger charge is 2.48. The van der Waals surface area contributed by atoms with Crippen molar-refractivity contribution in [3.63, 3.8) is 0 Å². The Morgan fingerprint density at radius 2 is 2.11 bits per heavy atom. The number of pyridine rings is 1. The Hall–Kier alpha value is -1.66. The van der Waals surface area contributed by atoms with Gasteiger partial charge in [-0.05, 0) is 71.8 Å². The summed E-state index contributed by atoms with van der Waals surface area (Å²) >= 11 is 3.42. The second-order valence-corrected chi connectivity index (χ2v) is 8.69. The lowest BCUT2D eigenvalue weighted by molar-refractivity contribution is 0.0966. The quantitative estimate of drug-likeness (QED) is 0.566. The van der Waals surface area contributed by atoms with E-state index in [0.717, 1.165) is 33.6 Å². The van der Waals surface area contributed by atoms with Crippen LogP contribution in [0.4, 0.5) is 10.1 Å². The number of hydrogen-bond donors (Lipinski definition) is 1. The average Bonchev–Trinajstić information content (AvgIpc) is 3.37. The van der Waals surface area contributed by atoms with E-state index in [-0.39, 0.29) is 12.1 Å². The zero-order valence-corrected chi connectivity index (χ0v) is 17.5. The molecule has 144 valence electrons. The van der Waals surface area contributed by atoms with Crippen LogP contribution < -0.4 is 10.5 Å². The molecule has 4 nitrogen and oxygen atoms in total. The first-order valence-corrected chi connectivity index (χ1v) is 10.1. The summed E-state index contributed by atoms with van der Waals surface area (Å²) in [5.41, 5.74) is 10.4. The lowest BCUT2D eigenvalue weighted by atomic mass is 9.82. The van der Waals surface area contributed by atoms with Gasteiger partial charge >= 0.3 is 0 Å². The third kappa shape index (κ3) is 3.34. The summed E-state index contributed by atoms with van der Waals surface area (Å²) in [6, 6.07) is 6.01. The van der Waals surface area contributed by atoms with Crippen LogP contribution in [0.5, 0.6) is 5.75 Å². The molecule has 1 aliphatic heterocycles. The number of methoxy groups -OCH3 is 1. The first-order chi connectivity index (χ1) is 12.8. The Labute approximate surface area is 168 Å². The summed E-state index contributed by atoms with van der Waals surface area (Å²) < 4.78 is 21.2.